The summed E-state index contributed by atoms with van der Waals surface area (Å²) in [7, 11) is 0. The highest BCUT2D eigenvalue weighted by Gasteiger charge is 2.44. The average molecular weight is 1030 g/mol. The maximum atomic E-state index is 13.1. The Morgan fingerprint density at radius 1 is 0.466 bits per heavy atom. The van der Waals surface area contributed by atoms with Crippen LogP contribution in [0.4, 0.5) is 0 Å². The van der Waals surface area contributed by atoms with E-state index in [1.165, 1.54) is 173 Å². The van der Waals surface area contributed by atoms with Crippen LogP contribution in [0.25, 0.3) is 0 Å². The molecule has 0 bridgehead atoms. The van der Waals surface area contributed by atoms with Gasteiger partial charge in [0.2, 0.25) is 5.91 Å². The van der Waals surface area contributed by atoms with E-state index in [2.05, 4.69) is 79.9 Å². The maximum absolute atomic E-state index is 13.1. The lowest BCUT2D eigenvalue weighted by Crippen LogP contribution is -2.60. The summed E-state index contributed by atoms with van der Waals surface area (Å²) < 4.78 is 11.3. The number of allylic oxidation sites excluding steroid dienone is 11. The van der Waals surface area contributed by atoms with E-state index in [9.17, 15) is 30.3 Å². The molecule has 0 spiro atoms. The molecule has 1 amide bonds. The zero-order chi connectivity index (χ0) is 52.9. The minimum atomic E-state index is -1.58. The number of carbonyl (C=O) groups excluding carboxylic acids is 1. The van der Waals surface area contributed by atoms with E-state index >= 15 is 0 Å². The molecule has 0 aromatic heterocycles. The molecule has 0 aromatic rings. The third-order valence-corrected chi connectivity index (χ3v) is 14.2. The Labute approximate surface area is 448 Å². The largest absolute Gasteiger partial charge is 0.394 e. The highest BCUT2D eigenvalue weighted by molar-refractivity contribution is 5.76. The molecule has 9 nitrogen and oxygen atoms in total. The minimum Gasteiger partial charge on any atom is -0.394 e. The fraction of sp³-hybridized carbons (Fsp3) is 0.797. The Morgan fingerprint density at radius 3 is 1.25 bits per heavy atom. The molecule has 1 fully saturated rings. The summed E-state index contributed by atoms with van der Waals surface area (Å²) in [6, 6.07) is -0.840. The second-order valence-electron chi connectivity index (χ2n) is 21.1. The smallest absolute Gasteiger partial charge is 0.220 e. The molecule has 6 N–H and O–H groups in total. The van der Waals surface area contributed by atoms with E-state index in [1.807, 2.05) is 6.08 Å². The van der Waals surface area contributed by atoms with Gasteiger partial charge < -0.3 is 40.3 Å². The van der Waals surface area contributed by atoms with Crippen molar-refractivity contribution in [3.05, 3.63) is 72.9 Å². The van der Waals surface area contributed by atoms with Crippen LogP contribution in [0, 0.1) is 0 Å². The van der Waals surface area contributed by atoms with Crippen LogP contribution in [-0.4, -0.2) is 87.5 Å². The molecule has 73 heavy (non-hydrogen) atoms. The van der Waals surface area contributed by atoms with Gasteiger partial charge in [-0.25, -0.2) is 0 Å². The summed E-state index contributed by atoms with van der Waals surface area (Å²) in [5.41, 5.74) is 0. The van der Waals surface area contributed by atoms with Crippen LogP contribution < -0.4 is 5.32 Å². The second-order valence-corrected chi connectivity index (χ2v) is 21.1. The van der Waals surface area contributed by atoms with Gasteiger partial charge in [-0.05, 0) is 83.5 Å². The first kappa shape index (κ1) is 68.6. The van der Waals surface area contributed by atoms with Gasteiger partial charge in [-0.3, -0.25) is 4.79 Å². The van der Waals surface area contributed by atoms with Gasteiger partial charge in [0, 0.05) is 6.42 Å². The van der Waals surface area contributed by atoms with Crippen LogP contribution in [-0.2, 0) is 14.3 Å². The SMILES string of the molecule is CCCCCCC/C=C\C/C=C\C/C=C\CCCCCCCCC(=O)NC(COC1OC(CO)C(O)C(O)C1O)C(O)/C=C/CC/C=C/CC/C=C/CCCCCCCCCCCCCCCCCCCCC. The topological polar surface area (TPSA) is 149 Å². The molecule has 0 aromatic carbocycles. The van der Waals surface area contributed by atoms with E-state index in [4.69, 9.17) is 9.47 Å². The van der Waals surface area contributed by atoms with Crippen molar-refractivity contribution in [2.75, 3.05) is 13.2 Å². The fourth-order valence-corrected chi connectivity index (χ4v) is 9.37. The predicted octanol–water partition coefficient (Wildman–Crippen LogP) is 15.6. The molecule has 0 radical (unpaired) electrons. The number of rotatable bonds is 52. The first-order valence-corrected chi connectivity index (χ1v) is 30.7. The lowest BCUT2D eigenvalue weighted by molar-refractivity contribution is -0.302. The van der Waals surface area contributed by atoms with Crippen molar-refractivity contribution in [2.45, 2.75) is 314 Å². The van der Waals surface area contributed by atoms with Crippen molar-refractivity contribution >= 4 is 5.91 Å². The molecule has 0 aliphatic carbocycles. The molecule has 1 saturated heterocycles. The molecule has 1 rings (SSSR count). The summed E-state index contributed by atoms with van der Waals surface area (Å²) >= 11 is 0. The van der Waals surface area contributed by atoms with E-state index in [1.54, 1.807) is 6.08 Å². The number of aliphatic hydroxyl groups excluding tert-OH is 5. The number of carbonyl (C=O) groups is 1. The Balaban J connectivity index is 2.25. The molecule has 9 heteroatoms. The number of unbranched alkanes of at least 4 members (excludes halogenated alkanes) is 32. The zero-order valence-corrected chi connectivity index (χ0v) is 47.1. The molecule has 1 aliphatic rings. The number of nitrogens with one attached hydrogen (secondary N) is 1. The number of ether oxygens (including phenoxy) is 2. The van der Waals surface area contributed by atoms with Gasteiger partial charge in [0.25, 0.3) is 0 Å². The summed E-state index contributed by atoms with van der Waals surface area (Å²) in [6.07, 6.45) is 66.9. The monoisotopic (exact) mass is 1030 g/mol. The van der Waals surface area contributed by atoms with E-state index in [0.29, 0.717) is 6.42 Å². The lowest BCUT2D eigenvalue weighted by Gasteiger charge is -2.40. The van der Waals surface area contributed by atoms with Crippen LogP contribution in [0.3, 0.4) is 0 Å². The summed E-state index contributed by atoms with van der Waals surface area (Å²) in [5, 5.41) is 54.5. The molecule has 7 atom stereocenters. The van der Waals surface area contributed by atoms with E-state index in [-0.39, 0.29) is 12.5 Å². The van der Waals surface area contributed by atoms with Crippen LogP contribution in [0.2, 0.25) is 0 Å². The highest BCUT2D eigenvalue weighted by atomic mass is 16.7. The Morgan fingerprint density at radius 2 is 0.822 bits per heavy atom. The summed E-state index contributed by atoms with van der Waals surface area (Å²) in [6.45, 7) is 3.76. The van der Waals surface area contributed by atoms with Crippen molar-refractivity contribution in [3.63, 3.8) is 0 Å². The van der Waals surface area contributed by atoms with Gasteiger partial charge in [-0.1, -0.05) is 254 Å². The van der Waals surface area contributed by atoms with Crippen molar-refractivity contribution < 1.29 is 39.8 Å². The molecular formula is C64H115NO8. The van der Waals surface area contributed by atoms with Gasteiger partial charge in [0.15, 0.2) is 6.29 Å². The Hall–Kier alpha value is -2.37. The number of hydrogen-bond acceptors (Lipinski definition) is 8. The van der Waals surface area contributed by atoms with Crippen LogP contribution >= 0.6 is 0 Å². The van der Waals surface area contributed by atoms with Gasteiger partial charge in [-0.2, -0.15) is 0 Å². The Bertz CT molecular complexity index is 1380. The van der Waals surface area contributed by atoms with E-state index in [0.717, 1.165) is 77.0 Å². The fourth-order valence-electron chi connectivity index (χ4n) is 9.37. The van der Waals surface area contributed by atoms with Crippen molar-refractivity contribution in [3.8, 4) is 0 Å². The lowest BCUT2D eigenvalue weighted by atomic mass is 9.99. The van der Waals surface area contributed by atoms with Gasteiger partial charge >= 0.3 is 0 Å². The standard InChI is InChI=1S/C64H115NO8/c1-3-5-7-9-11-13-15-17-19-21-23-25-26-27-28-29-30-31-32-34-35-37-39-41-43-45-47-49-51-53-58(67)57(56-72-64-63(71)62(70)61(69)59(55-66)73-64)65-60(68)54-52-50-48-46-44-42-40-38-36-33-24-22-20-18-16-14-12-10-8-6-4-2/h16,18,22,24,35-38,43,45,51,53,57-59,61-64,66-67,69-71H,3-15,17,19-21,23,25-34,39-42,44,46-50,52,54-56H2,1-2H3,(H,65,68)/b18-16-,24-22-,37-35+,38-36-,45-43+,53-51+. The van der Waals surface area contributed by atoms with Gasteiger partial charge in [0.1, 0.15) is 24.4 Å². The number of hydrogen-bond donors (Lipinski definition) is 6. The van der Waals surface area contributed by atoms with Gasteiger partial charge in [-0.15, -0.1) is 0 Å². The predicted molar refractivity (Wildman–Crippen MR) is 309 cm³/mol. The third kappa shape index (κ3) is 42.4. The van der Waals surface area contributed by atoms with Crippen LogP contribution in [0.5, 0.6) is 0 Å². The van der Waals surface area contributed by atoms with E-state index < -0.39 is 49.5 Å². The zero-order valence-electron chi connectivity index (χ0n) is 47.1. The normalized spacial score (nSPS) is 19.6. The van der Waals surface area contributed by atoms with Gasteiger partial charge in [0.05, 0.1) is 25.4 Å². The first-order valence-electron chi connectivity index (χ1n) is 30.7. The van der Waals surface area contributed by atoms with Crippen molar-refractivity contribution in [1.82, 2.24) is 5.32 Å². The van der Waals surface area contributed by atoms with Crippen molar-refractivity contribution in [1.29, 1.82) is 0 Å². The average Bonchev–Trinajstić information content (AvgIpc) is 3.39. The Kier molecular flexibility index (Phi) is 49.9. The second kappa shape index (κ2) is 53.0. The van der Waals surface area contributed by atoms with Crippen LogP contribution in [0.1, 0.15) is 271 Å². The number of aliphatic hydroxyl groups is 5. The molecule has 0 saturated carbocycles. The third-order valence-electron chi connectivity index (χ3n) is 14.2. The number of amides is 1. The molecule has 7 unspecified atom stereocenters. The maximum Gasteiger partial charge on any atom is 0.220 e. The summed E-state index contributed by atoms with van der Waals surface area (Å²) in [4.78, 5) is 13.1. The molecule has 424 valence electrons. The van der Waals surface area contributed by atoms with Crippen LogP contribution in [0.15, 0.2) is 72.9 Å². The molecular weight excluding hydrogens is 911 g/mol. The molecule has 1 aliphatic heterocycles. The quantitative estimate of drug-likeness (QED) is 0.0261. The first-order chi connectivity index (χ1) is 35.8. The summed E-state index contributed by atoms with van der Waals surface area (Å²) in [5.74, 6) is -0.203. The van der Waals surface area contributed by atoms with Crippen molar-refractivity contribution in [2.24, 2.45) is 0 Å². The highest BCUT2D eigenvalue weighted by Crippen LogP contribution is 2.23. The molecule has 1 heterocycles. The minimum absolute atomic E-state index is 0.203.